The quantitative estimate of drug-likeness (QED) is 0.0229. The first-order chi connectivity index (χ1) is 33.6. The molecule has 0 spiro atoms. The monoisotopic (exact) mass is 965 g/mol. The van der Waals surface area contributed by atoms with Gasteiger partial charge in [0.25, 0.3) is 0 Å². The first-order valence-corrected chi connectivity index (χ1v) is 25.9. The molecule has 0 saturated carbocycles. The fourth-order valence-corrected chi connectivity index (χ4v) is 6.98. The SMILES string of the molecule is CC/C=C\C/C=C\C/C=C\C/C=C\C/C=C\CC(=O)OCC(COC1OC(C(=O)O)C(O)C(O)C1OC(=O)CC/C=C\C/C=C\C/C=C\C/C=C\CC)OC(=O)CCCCCCCCCCCCC. The van der Waals surface area contributed by atoms with Crippen LogP contribution in [0.1, 0.15) is 175 Å². The summed E-state index contributed by atoms with van der Waals surface area (Å²) in [6.45, 7) is 5.58. The number of allylic oxidation sites excluding steroid dienone is 17. The molecule has 1 aliphatic heterocycles. The zero-order chi connectivity index (χ0) is 50.4. The third-order valence-electron chi connectivity index (χ3n) is 10.9. The smallest absolute Gasteiger partial charge is 0.335 e. The number of aliphatic carboxylic acids is 1. The van der Waals surface area contributed by atoms with Crippen LogP contribution in [0.3, 0.4) is 0 Å². The first-order valence-electron chi connectivity index (χ1n) is 25.9. The summed E-state index contributed by atoms with van der Waals surface area (Å²) >= 11 is 0. The number of carbonyl (C=O) groups is 4. The Morgan fingerprint density at radius 3 is 1.43 bits per heavy atom. The van der Waals surface area contributed by atoms with Crippen LogP contribution in [0.25, 0.3) is 0 Å². The normalized spacial score (nSPS) is 19.6. The number of carboxylic acids is 1. The Kier molecular flexibility index (Phi) is 40.3. The Labute approximate surface area is 415 Å². The number of hydrogen-bond acceptors (Lipinski definition) is 11. The minimum Gasteiger partial charge on any atom is -0.479 e. The summed E-state index contributed by atoms with van der Waals surface area (Å²) < 4.78 is 28.0. The predicted molar refractivity (Wildman–Crippen MR) is 275 cm³/mol. The maximum atomic E-state index is 13.0. The molecule has 3 N–H and O–H groups in total. The van der Waals surface area contributed by atoms with E-state index in [4.69, 9.17) is 23.7 Å². The number of carbonyl (C=O) groups excluding carboxylic acids is 3. The van der Waals surface area contributed by atoms with Crippen molar-refractivity contribution >= 4 is 23.9 Å². The average Bonchev–Trinajstić information content (AvgIpc) is 3.33. The van der Waals surface area contributed by atoms with Crippen molar-refractivity contribution in [2.24, 2.45) is 0 Å². The van der Waals surface area contributed by atoms with E-state index < -0.39 is 67.3 Å². The van der Waals surface area contributed by atoms with E-state index in [2.05, 4.69) is 93.7 Å². The van der Waals surface area contributed by atoms with Crippen LogP contribution in [0.4, 0.5) is 0 Å². The van der Waals surface area contributed by atoms with Crippen molar-refractivity contribution in [2.45, 2.75) is 212 Å². The lowest BCUT2D eigenvalue weighted by Gasteiger charge is -2.40. The summed E-state index contributed by atoms with van der Waals surface area (Å²) in [7, 11) is 0. The molecule has 12 nitrogen and oxygen atoms in total. The number of hydrogen-bond donors (Lipinski definition) is 3. The van der Waals surface area contributed by atoms with Gasteiger partial charge < -0.3 is 39.0 Å². The lowest BCUT2D eigenvalue weighted by molar-refractivity contribution is -0.301. The zero-order valence-electron chi connectivity index (χ0n) is 42.3. The highest BCUT2D eigenvalue weighted by Crippen LogP contribution is 2.26. The van der Waals surface area contributed by atoms with Gasteiger partial charge in [0.15, 0.2) is 24.6 Å². The molecule has 1 aliphatic rings. The minimum atomic E-state index is -1.94. The molecule has 1 fully saturated rings. The van der Waals surface area contributed by atoms with Crippen LogP contribution in [-0.4, -0.2) is 89.2 Å². The second-order valence-electron chi connectivity index (χ2n) is 17.1. The van der Waals surface area contributed by atoms with E-state index in [1.807, 2.05) is 30.4 Å². The van der Waals surface area contributed by atoms with Gasteiger partial charge in [-0.25, -0.2) is 4.79 Å². The lowest BCUT2D eigenvalue weighted by Crippen LogP contribution is -2.61. The van der Waals surface area contributed by atoms with Crippen molar-refractivity contribution in [3.05, 3.63) is 109 Å². The Balaban J connectivity index is 2.84. The summed E-state index contributed by atoms with van der Waals surface area (Å²) in [6, 6.07) is 0. The summed E-state index contributed by atoms with van der Waals surface area (Å²) in [6.07, 6.45) is 47.0. The summed E-state index contributed by atoms with van der Waals surface area (Å²) in [4.78, 5) is 50.7. The van der Waals surface area contributed by atoms with Crippen LogP contribution in [0.2, 0.25) is 0 Å². The number of aliphatic hydroxyl groups excluding tert-OH is 2. The Hall–Kier alpha value is -4.62. The number of carboxylic acid groups (broad SMARTS) is 1. The molecule has 0 aromatic heterocycles. The maximum absolute atomic E-state index is 13.0. The molecule has 1 rings (SSSR count). The number of unbranched alkanes of at least 4 members (excludes halogenated alkanes) is 10. The largest absolute Gasteiger partial charge is 0.479 e. The molecular weight excluding hydrogens is 877 g/mol. The van der Waals surface area contributed by atoms with Gasteiger partial charge in [-0.15, -0.1) is 0 Å². The van der Waals surface area contributed by atoms with Crippen molar-refractivity contribution in [3.63, 3.8) is 0 Å². The highest BCUT2D eigenvalue weighted by Gasteiger charge is 2.50. The van der Waals surface area contributed by atoms with Gasteiger partial charge in [0.2, 0.25) is 0 Å². The van der Waals surface area contributed by atoms with Gasteiger partial charge in [-0.05, 0) is 70.6 Å². The van der Waals surface area contributed by atoms with Gasteiger partial charge in [0.1, 0.15) is 18.8 Å². The third-order valence-corrected chi connectivity index (χ3v) is 10.9. The molecule has 6 atom stereocenters. The number of esters is 3. The van der Waals surface area contributed by atoms with E-state index in [0.717, 1.165) is 64.2 Å². The molecule has 0 radical (unpaired) electrons. The van der Waals surface area contributed by atoms with E-state index in [1.165, 1.54) is 44.9 Å². The van der Waals surface area contributed by atoms with Crippen LogP contribution >= 0.6 is 0 Å². The highest BCUT2D eigenvalue weighted by molar-refractivity contribution is 5.74. The van der Waals surface area contributed by atoms with Gasteiger partial charge in [0.05, 0.1) is 13.0 Å². The summed E-state index contributed by atoms with van der Waals surface area (Å²) in [5, 5.41) is 31.3. The van der Waals surface area contributed by atoms with Crippen molar-refractivity contribution in [1.29, 1.82) is 0 Å². The Morgan fingerprint density at radius 1 is 0.507 bits per heavy atom. The molecule has 12 heteroatoms. The molecule has 388 valence electrons. The van der Waals surface area contributed by atoms with E-state index in [1.54, 1.807) is 6.08 Å². The van der Waals surface area contributed by atoms with Crippen molar-refractivity contribution in [2.75, 3.05) is 13.2 Å². The Bertz CT molecular complexity index is 1620. The van der Waals surface area contributed by atoms with E-state index in [-0.39, 0.29) is 25.9 Å². The lowest BCUT2D eigenvalue weighted by atomic mass is 9.98. The summed E-state index contributed by atoms with van der Waals surface area (Å²) in [5.74, 6) is -3.41. The molecule has 69 heavy (non-hydrogen) atoms. The maximum Gasteiger partial charge on any atom is 0.335 e. The third kappa shape index (κ3) is 35.2. The minimum absolute atomic E-state index is 0.0250. The standard InChI is InChI=1S/C57H88O12/c1-4-7-10-13-16-19-22-24-25-27-29-31-34-37-40-43-49(58)65-46-48(67-50(59)44-41-38-35-32-28-21-18-15-12-9-6-3)47-66-57-55(53(62)52(61)54(69-57)56(63)64)68-51(60)45-42-39-36-33-30-26-23-20-17-14-11-8-5-2/h7-8,10-11,16-17,19-20,24-26,29-31,36-37,39-40,48,52-55,57,61-62H,4-6,9,12-15,18,21-23,27-28,32-35,38,41-47H2,1-3H3,(H,63,64)/b10-7-,11-8-,19-16-,20-17-,25-24-,30-26-,31-29-,39-36-,40-37-. The van der Waals surface area contributed by atoms with Crippen molar-refractivity contribution < 1.29 is 58.2 Å². The highest BCUT2D eigenvalue weighted by atomic mass is 16.7. The van der Waals surface area contributed by atoms with Crippen LogP contribution in [0.15, 0.2) is 109 Å². The van der Waals surface area contributed by atoms with Crippen LogP contribution < -0.4 is 0 Å². The fourth-order valence-electron chi connectivity index (χ4n) is 6.98. The first kappa shape index (κ1) is 62.4. The van der Waals surface area contributed by atoms with Gasteiger partial charge in [-0.3, -0.25) is 14.4 Å². The number of rotatable bonds is 41. The molecule has 1 heterocycles. The van der Waals surface area contributed by atoms with Gasteiger partial charge >= 0.3 is 23.9 Å². The second-order valence-corrected chi connectivity index (χ2v) is 17.1. The van der Waals surface area contributed by atoms with Gasteiger partial charge in [-0.2, -0.15) is 0 Å². The topological polar surface area (TPSA) is 175 Å². The number of ether oxygens (including phenoxy) is 5. The van der Waals surface area contributed by atoms with Gasteiger partial charge in [0, 0.05) is 12.8 Å². The fraction of sp³-hybridized carbons (Fsp3) is 0.614. The molecule has 0 aromatic rings. The van der Waals surface area contributed by atoms with Crippen LogP contribution in [-0.2, 0) is 42.9 Å². The van der Waals surface area contributed by atoms with E-state index in [0.29, 0.717) is 25.7 Å². The molecule has 6 unspecified atom stereocenters. The van der Waals surface area contributed by atoms with Crippen molar-refractivity contribution in [1.82, 2.24) is 0 Å². The molecule has 0 aromatic carbocycles. The van der Waals surface area contributed by atoms with Crippen LogP contribution in [0.5, 0.6) is 0 Å². The second kappa shape index (κ2) is 44.6. The molecule has 0 bridgehead atoms. The zero-order valence-corrected chi connectivity index (χ0v) is 42.3. The molecule has 1 saturated heterocycles. The molecular formula is C57H88O12. The van der Waals surface area contributed by atoms with Crippen molar-refractivity contribution in [3.8, 4) is 0 Å². The predicted octanol–water partition coefficient (Wildman–Crippen LogP) is 12.3. The molecule has 0 aliphatic carbocycles. The van der Waals surface area contributed by atoms with E-state index in [9.17, 15) is 34.5 Å². The average molecular weight is 965 g/mol. The van der Waals surface area contributed by atoms with Crippen LogP contribution in [0, 0.1) is 0 Å². The number of aliphatic hydroxyl groups is 2. The van der Waals surface area contributed by atoms with Gasteiger partial charge in [-0.1, -0.05) is 194 Å². The summed E-state index contributed by atoms with van der Waals surface area (Å²) in [5.41, 5.74) is 0. The van der Waals surface area contributed by atoms with E-state index >= 15 is 0 Å². The Morgan fingerprint density at radius 2 is 0.957 bits per heavy atom. The molecule has 0 amide bonds.